The first kappa shape index (κ1) is 37.8. The van der Waals surface area contributed by atoms with Crippen molar-refractivity contribution in [3.05, 3.63) is 144 Å². The average molecular weight is 709 g/mol. The Morgan fingerprint density at radius 1 is 0.712 bits per heavy atom. The van der Waals surface area contributed by atoms with Crippen molar-refractivity contribution in [2.24, 2.45) is 0 Å². The lowest BCUT2D eigenvalue weighted by molar-refractivity contribution is -0.250. The molecule has 2 heterocycles. The molecule has 2 aliphatic heterocycles. The standard InChI is InChI=1S/C43H52N2O7/c1-33-43(52-42(2,3)51-33,32-47-28-34-16-8-4-9-17-34)40(50-31-37-22-14-7-15-23-37)38(48-29-35-18-10-5-11-19-35)39(41(46)45-26-24-44-25-27-45)49-30-36-20-12-6-13-21-36/h4-23,33,38-40,44H,24-32H2,1-3H3/t33-,38-,39-,40+,43-/m1/s1. The molecule has 276 valence electrons. The van der Waals surface area contributed by atoms with Gasteiger partial charge in [0.25, 0.3) is 5.91 Å². The third kappa shape index (κ3) is 9.93. The fraction of sp³-hybridized carbons (Fsp3) is 0.419. The van der Waals surface area contributed by atoms with Crippen LogP contribution in [0.1, 0.15) is 43.0 Å². The summed E-state index contributed by atoms with van der Waals surface area (Å²) in [4.78, 5) is 16.7. The highest BCUT2D eigenvalue weighted by Gasteiger charge is 2.61. The molecule has 52 heavy (non-hydrogen) atoms. The van der Waals surface area contributed by atoms with Gasteiger partial charge in [-0.2, -0.15) is 0 Å². The first-order valence-corrected chi connectivity index (χ1v) is 18.3. The first-order chi connectivity index (χ1) is 25.3. The third-order valence-electron chi connectivity index (χ3n) is 9.60. The fourth-order valence-corrected chi connectivity index (χ4v) is 7.02. The molecule has 0 saturated carbocycles. The number of hydrogen-bond acceptors (Lipinski definition) is 8. The Labute approximate surface area is 308 Å². The van der Waals surface area contributed by atoms with E-state index in [-0.39, 0.29) is 32.3 Å². The molecule has 0 bridgehead atoms. The van der Waals surface area contributed by atoms with Crippen molar-refractivity contribution in [3.63, 3.8) is 0 Å². The van der Waals surface area contributed by atoms with Gasteiger partial charge in [0.05, 0.1) is 39.1 Å². The van der Waals surface area contributed by atoms with E-state index in [1.54, 1.807) is 0 Å². The van der Waals surface area contributed by atoms with Crippen LogP contribution in [0, 0.1) is 0 Å². The van der Waals surface area contributed by atoms with E-state index in [1.807, 2.05) is 147 Å². The number of nitrogens with one attached hydrogen (secondary N) is 1. The van der Waals surface area contributed by atoms with Gasteiger partial charge in [-0.15, -0.1) is 0 Å². The Kier molecular flexibility index (Phi) is 13.2. The molecule has 0 aliphatic carbocycles. The van der Waals surface area contributed by atoms with Gasteiger partial charge in [-0.05, 0) is 43.0 Å². The van der Waals surface area contributed by atoms with Crippen molar-refractivity contribution < 1.29 is 33.2 Å². The normalized spacial score (nSPS) is 21.8. The van der Waals surface area contributed by atoms with Crippen LogP contribution in [-0.2, 0) is 59.6 Å². The largest absolute Gasteiger partial charge is 0.374 e. The summed E-state index contributed by atoms with van der Waals surface area (Å²) in [5.41, 5.74) is 2.69. The van der Waals surface area contributed by atoms with E-state index in [1.165, 1.54) is 0 Å². The van der Waals surface area contributed by atoms with E-state index >= 15 is 0 Å². The lowest BCUT2D eigenvalue weighted by Gasteiger charge is -2.44. The smallest absolute Gasteiger partial charge is 0.254 e. The molecule has 2 saturated heterocycles. The zero-order chi connectivity index (χ0) is 36.2. The molecule has 6 rings (SSSR count). The Hall–Kier alpha value is -3.93. The van der Waals surface area contributed by atoms with Gasteiger partial charge >= 0.3 is 0 Å². The van der Waals surface area contributed by atoms with Crippen molar-refractivity contribution in [1.82, 2.24) is 10.2 Å². The minimum absolute atomic E-state index is 0.115. The van der Waals surface area contributed by atoms with Crippen LogP contribution in [0.5, 0.6) is 0 Å². The number of rotatable bonds is 17. The highest BCUT2D eigenvalue weighted by atomic mass is 16.8. The molecule has 0 spiro atoms. The van der Waals surface area contributed by atoms with E-state index in [0.717, 1.165) is 22.3 Å². The van der Waals surface area contributed by atoms with Gasteiger partial charge in [-0.1, -0.05) is 121 Å². The molecular weight excluding hydrogens is 656 g/mol. The van der Waals surface area contributed by atoms with Gasteiger partial charge in [0.2, 0.25) is 0 Å². The molecule has 9 nitrogen and oxygen atoms in total. The summed E-state index contributed by atoms with van der Waals surface area (Å²) in [5, 5.41) is 3.36. The summed E-state index contributed by atoms with van der Waals surface area (Å²) in [6, 6.07) is 39.8. The fourth-order valence-electron chi connectivity index (χ4n) is 7.02. The second-order valence-corrected chi connectivity index (χ2v) is 14.0. The Morgan fingerprint density at radius 3 is 1.65 bits per heavy atom. The van der Waals surface area contributed by atoms with Crippen LogP contribution >= 0.6 is 0 Å². The van der Waals surface area contributed by atoms with Crippen LogP contribution in [0.2, 0.25) is 0 Å². The maximum absolute atomic E-state index is 14.8. The monoisotopic (exact) mass is 708 g/mol. The highest BCUT2D eigenvalue weighted by molar-refractivity contribution is 5.82. The zero-order valence-corrected chi connectivity index (χ0v) is 30.5. The van der Waals surface area contributed by atoms with Gasteiger partial charge in [0, 0.05) is 26.2 Å². The van der Waals surface area contributed by atoms with Crippen molar-refractivity contribution in [2.45, 2.75) is 83.0 Å². The van der Waals surface area contributed by atoms with Gasteiger partial charge in [0.15, 0.2) is 11.9 Å². The van der Waals surface area contributed by atoms with Crippen LogP contribution in [0.25, 0.3) is 0 Å². The number of nitrogens with zero attached hydrogens (tertiary/aromatic N) is 1. The molecule has 2 aliphatic rings. The number of carbonyl (C=O) groups is 1. The van der Waals surface area contributed by atoms with Crippen LogP contribution < -0.4 is 5.32 Å². The molecule has 2 fully saturated rings. The molecule has 0 aromatic heterocycles. The number of hydrogen-bond donors (Lipinski definition) is 1. The number of ether oxygens (including phenoxy) is 6. The van der Waals surface area contributed by atoms with Crippen molar-refractivity contribution >= 4 is 5.91 Å². The van der Waals surface area contributed by atoms with E-state index in [2.05, 4.69) is 5.32 Å². The molecular formula is C43H52N2O7. The van der Waals surface area contributed by atoms with Gasteiger partial charge in [0.1, 0.15) is 17.8 Å². The van der Waals surface area contributed by atoms with Gasteiger partial charge in [-0.3, -0.25) is 4.79 Å². The van der Waals surface area contributed by atoms with E-state index in [9.17, 15) is 4.79 Å². The minimum atomic E-state index is -1.20. The topological polar surface area (TPSA) is 87.7 Å². The van der Waals surface area contributed by atoms with Crippen molar-refractivity contribution in [1.29, 1.82) is 0 Å². The number of benzene rings is 4. The second kappa shape index (κ2) is 18.2. The predicted octanol–water partition coefficient (Wildman–Crippen LogP) is 6.30. The minimum Gasteiger partial charge on any atom is -0.374 e. The lowest BCUT2D eigenvalue weighted by atomic mass is 9.85. The average Bonchev–Trinajstić information content (AvgIpc) is 3.42. The molecule has 0 unspecified atom stereocenters. The molecule has 1 amide bonds. The predicted molar refractivity (Wildman–Crippen MR) is 199 cm³/mol. The number of amides is 1. The van der Waals surface area contributed by atoms with Crippen molar-refractivity contribution in [2.75, 3.05) is 32.8 Å². The Bertz CT molecular complexity index is 1640. The van der Waals surface area contributed by atoms with E-state index in [0.29, 0.717) is 32.8 Å². The van der Waals surface area contributed by atoms with Crippen LogP contribution in [0.4, 0.5) is 0 Å². The van der Waals surface area contributed by atoms with Gasteiger partial charge in [-0.25, -0.2) is 0 Å². The lowest BCUT2D eigenvalue weighted by Crippen LogP contribution is -2.64. The molecule has 4 aromatic carbocycles. The molecule has 0 radical (unpaired) electrons. The number of piperazine rings is 1. The second-order valence-electron chi connectivity index (χ2n) is 14.0. The van der Waals surface area contributed by atoms with E-state index in [4.69, 9.17) is 28.4 Å². The molecule has 9 heteroatoms. The number of carbonyl (C=O) groups excluding carboxylic acids is 1. The Balaban J connectivity index is 1.43. The SMILES string of the molecule is C[C@H]1OC(C)(C)O[C@@]1(COCc1ccccc1)[C@@H](OCc1ccccc1)[C@H](OCc1ccccc1)[C@@H](OCc1ccccc1)C(=O)N1CCNCC1. The van der Waals surface area contributed by atoms with E-state index < -0.39 is 35.8 Å². The molecule has 1 N–H and O–H groups in total. The molecule has 4 aromatic rings. The first-order valence-electron chi connectivity index (χ1n) is 18.3. The van der Waals surface area contributed by atoms with Crippen molar-refractivity contribution in [3.8, 4) is 0 Å². The summed E-state index contributed by atoms with van der Waals surface area (Å²) < 4.78 is 40.7. The maximum Gasteiger partial charge on any atom is 0.254 e. The van der Waals surface area contributed by atoms with Crippen LogP contribution in [0.15, 0.2) is 121 Å². The summed E-state index contributed by atoms with van der Waals surface area (Å²) in [6.07, 6.45) is -3.37. The molecule has 5 atom stereocenters. The third-order valence-corrected chi connectivity index (χ3v) is 9.60. The van der Waals surface area contributed by atoms with Crippen LogP contribution in [-0.4, -0.2) is 79.4 Å². The maximum atomic E-state index is 14.8. The summed E-state index contributed by atoms with van der Waals surface area (Å²) in [7, 11) is 0. The van der Waals surface area contributed by atoms with Gasteiger partial charge < -0.3 is 38.6 Å². The summed E-state index contributed by atoms with van der Waals surface area (Å²) >= 11 is 0. The quantitative estimate of drug-likeness (QED) is 0.137. The Morgan fingerprint density at radius 2 is 1.17 bits per heavy atom. The van der Waals surface area contributed by atoms with Crippen LogP contribution in [0.3, 0.4) is 0 Å². The zero-order valence-electron chi connectivity index (χ0n) is 30.5. The summed E-state index contributed by atoms with van der Waals surface area (Å²) in [5.74, 6) is -1.13. The highest BCUT2D eigenvalue weighted by Crippen LogP contribution is 2.43. The summed E-state index contributed by atoms with van der Waals surface area (Å²) in [6.45, 7) is 9.40.